The Morgan fingerprint density at radius 1 is 1.55 bits per heavy atom. The highest BCUT2D eigenvalue weighted by Gasteiger charge is 2.19. The maximum absolute atomic E-state index is 12.0. The van der Waals surface area contributed by atoms with E-state index < -0.39 is 10.8 Å². The Hall–Kier alpha value is -2.41. The summed E-state index contributed by atoms with van der Waals surface area (Å²) in [6, 6.07) is 4.10. The van der Waals surface area contributed by atoms with Crippen LogP contribution in [0.15, 0.2) is 30.6 Å². The van der Waals surface area contributed by atoms with Crippen LogP contribution in [0.4, 0.5) is 5.69 Å². The van der Waals surface area contributed by atoms with E-state index in [-0.39, 0.29) is 22.8 Å². The lowest BCUT2D eigenvalue weighted by molar-refractivity contribution is -0.384. The molecular weight excluding hydrogens is 284 g/mol. The van der Waals surface area contributed by atoms with E-state index >= 15 is 0 Å². The predicted octanol–water partition coefficient (Wildman–Crippen LogP) is 1.91. The highest BCUT2D eigenvalue weighted by Crippen LogP contribution is 2.27. The quantitative estimate of drug-likeness (QED) is 0.689. The van der Waals surface area contributed by atoms with Gasteiger partial charge >= 0.3 is 0 Å². The van der Waals surface area contributed by atoms with Crippen molar-refractivity contribution in [1.82, 2.24) is 14.9 Å². The summed E-state index contributed by atoms with van der Waals surface area (Å²) in [5.74, 6) is 0.182. The molecule has 8 heteroatoms. The van der Waals surface area contributed by atoms with Crippen molar-refractivity contribution in [2.75, 3.05) is 0 Å². The average Bonchev–Trinajstić information content (AvgIpc) is 2.81. The van der Waals surface area contributed by atoms with E-state index in [1.54, 1.807) is 24.0 Å². The van der Waals surface area contributed by atoms with Gasteiger partial charge < -0.3 is 9.88 Å². The standard InChI is InChI=1S/C12H11ClN4O3/c1-16-6-5-14-10(16)7-15-12(18)8-3-2-4-9(11(8)13)17(19)20/h2-6H,7H2,1H3,(H,15,18). The minimum absolute atomic E-state index is 0.0649. The highest BCUT2D eigenvalue weighted by atomic mass is 35.5. The molecule has 0 aliphatic heterocycles. The number of carbonyl (C=O) groups is 1. The van der Waals surface area contributed by atoms with E-state index in [0.717, 1.165) is 0 Å². The summed E-state index contributed by atoms with van der Waals surface area (Å²) >= 11 is 5.87. The normalized spacial score (nSPS) is 10.3. The molecule has 2 rings (SSSR count). The largest absolute Gasteiger partial charge is 0.345 e. The number of amides is 1. The Kier molecular flexibility index (Phi) is 3.99. The molecular formula is C12H11ClN4O3. The van der Waals surface area contributed by atoms with Crippen molar-refractivity contribution in [3.8, 4) is 0 Å². The Morgan fingerprint density at radius 3 is 2.90 bits per heavy atom. The number of benzene rings is 1. The molecule has 0 fully saturated rings. The van der Waals surface area contributed by atoms with Crippen LogP contribution in [0.5, 0.6) is 0 Å². The Bertz CT molecular complexity index is 668. The van der Waals surface area contributed by atoms with E-state index in [1.807, 2.05) is 0 Å². The maximum atomic E-state index is 12.0. The second kappa shape index (κ2) is 5.70. The molecule has 0 aliphatic rings. The van der Waals surface area contributed by atoms with Crippen LogP contribution in [0.25, 0.3) is 0 Å². The number of imidazole rings is 1. The van der Waals surface area contributed by atoms with E-state index in [4.69, 9.17) is 11.6 Å². The molecule has 1 amide bonds. The number of nitrogens with zero attached hydrogens (tertiary/aromatic N) is 3. The van der Waals surface area contributed by atoms with Gasteiger partial charge in [-0.2, -0.15) is 0 Å². The van der Waals surface area contributed by atoms with Crippen molar-refractivity contribution < 1.29 is 9.72 Å². The maximum Gasteiger partial charge on any atom is 0.288 e. The molecule has 0 saturated carbocycles. The van der Waals surface area contributed by atoms with E-state index in [0.29, 0.717) is 5.82 Å². The summed E-state index contributed by atoms with van der Waals surface area (Å²) < 4.78 is 1.76. The lowest BCUT2D eigenvalue weighted by Gasteiger charge is -2.07. The van der Waals surface area contributed by atoms with Gasteiger partial charge in [-0.1, -0.05) is 17.7 Å². The molecule has 1 aromatic heterocycles. The zero-order chi connectivity index (χ0) is 14.7. The minimum Gasteiger partial charge on any atom is -0.345 e. The summed E-state index contributed by atoms with van der Waals surface area (Å²) in [5.41, 5.74) is -0.230. The van der Waals surface area contributed by atoms with Crippen molar-refractivity contribution in [2.24, 2.45) is 7.05 Å². The average molecular weight is 295 g/mol. The molecule has 0 unspecified atom stereocenters. The number of halogens is 1. The van der Waals surface area contributed by atoms with Crippen molar-refractivity contribution in [3.05, 3.63) is 57.1 Å². The van der Waals surface area contributed by atoms with Crippen LogP contribution in [-0.4, -0.2) is 20.4 Å². The number of aryl methyl sites for hydroxylation is 1. The van der Waals surface area contributed by atoms with Crippen LogP contribution in [0.1, 0.15) is 16.2 Å². The summed E-state index contributed by atoms with van der Waals surface area (Å²) in [7, 11) is 1.80. The van der Waals surface area contributed by atoms with Gasteiger partial charge in [0.05, 0.1) is 17.0 Å². The Balaban J connectivity index is 2.16. The molecule has 0 saturated heterocycles. The fourth-order valence-electron chi connectivity index (χ4n) is 1.66. The topological polar surface area (TPSA) is 90.1 Å². The number of nitrogens with one attached hydrogen (secondary N) is 1. The number of hydrogen-bond acceptors (Lipinski definition) is 4. The van der Waals surface area contributed by atoms with Crippen LogP contribution in [-0.2, 0) is 13.6 Å². The van der Waals surface area contributed by atoms with Gasteiger partial charge in [0.2, 0.25) is 0 Å². The van der Waals surface area contributed by atoms with Crippen LogP contribution < -0.4 is 5.32 Å². The number of hydrogen-bond donors (Lipinski definition) is 1. The van der Waals surface area contributed by atoms with Gasteiger partial charge in [0.25, 0.3) is 11.6 Å². The molecule has 0 radical (unpaired) electrons. The van der Waals surface area contributed by atoms with Crippen molar-refractivity contribution >= 4 is 23.2 Å². The zero-order valence-corrected chi connectivity index (χ0v) is 11.3. The van der Waals surface area contributed by atoms with Gasteiger partial charge in [-0.05, 0) is 6.07 Å². The fraction of sp³-hybridized carbons (Fsp3) is 0.167. The molecule has 104 valence electrons. The first kappa shape index (κ1) is 14.0. The second-order valence-corrected chi connectivity index (χ2v) is 4.41. The molecule has 20 heavy (non-hydrogen) atoms. The second-order valence-electron chi connectivity index (χ2n) is 4.03. The van der Waals surface area contributed by atoms with Gasteiger partial charge in [-0.25, -0.2) is 4.98 Å². The van der Waals surface area contributed by atoms with Crippen molar-refractivity contribution in [3.63, 3.8) is 0 Å². The molecule has 7 nitrogen and oxygen atoms in total. The lowest BCUT2D eigenvalue weighted by Crippen LogP contribution is -2.24. The number of carbonyl (C=O) groups excluding carboxylic acids is 1. The van der Waals surface area contributed by atoms with Crippen molar-refractivity contribution in [2.45, 2.75) is 6.54 Å². The highest BCUT2D eigenvalue weighted by molar-refractivity contribution is 6.35. The van der Waals surface area contributed by atoms with Crippen molar-refractivity contribution in [1.29, 1.82) is 0 Å². The first-order valence-electron chi connectivity index (χ1n) is 5.68. The predicted molar refractivity (Wildman–Crippen MR) is 72.5 cm³/mol. The summed E-state index contributed by atoms with van der Waals surface area (Å²) in [5, 5.41) is 13.2. The Morgan fingerprint density at radius 2 is 2.30 bits per heavy atom. The van der Waals surface area contributed by atoms with Crippen LogP contribution in [0.3, 0.4) is 0 Å². The third-order valence-electron chi connectivity index (χ3n) is 2.75. The number of rotatable bonds is 4. The number of nitro groups is 1. The summed E-state index contributed by atoms with van der Waals surface area (Å²) in [6.07, 6.45) is 3.36. The van der Waals surface area contributed by atoms with Gasteiger partial charge in [0.1, 0.15) is 10.8 Å². The lowest BCUT2D eigenvalue weighted by atomic mass is 10.2. The first-order chi connectivity index (χ1) is 9.50. The van der Waals surface area contributed by atoms with Gasteiger partial charge in [0, 0.05) is 25.5 Å². The summed E-state index contributed by atoms with van der Waals surface area (Å²) in [6.45, 7) is 0.210. The smallest absolute Gasteiger partial charge is 0.288 e. The van der Waals surface area contributed by atoms with E-state index in [1.165, 1.54) is 18.2 Å². The van der Waals surface area contributed by atoms with Gasteiger partial charge in [-0.15, -0.1) is 0 Å². The van der Waals surface area contributed by atoms with E-state index in [9.17, 15) is 14.9 Å². The summed E-state index contributed by atoms with van der Waals surface area (Å²) in [4.78, 5) is 26.2. The molecule has 0 atom stereocenters. The van der Waals surface area contributed by atoms with E-state index in [2.05, 4.69) is 10.3 Å². The molecule has 0 aliphatic carbocycles. The Labute approximate surface area is 119 Å². The molecule has 2 aromatic rings. The number of aromatic nitrogens is 2. The molecule has 1 N–H and O–H groups in total. The van der Waals surface area contributed by atoms with Crippen LogP contribution in [0, 0.1) is 10.1 Å². The third-order valence-corrected chi connectivity index (χ3v) is 3.14. The van der Waals surface area contributed by atoms with Crippen LogP contribution in [0.2, 0.25) is 5.02 Å². The number of nitro benzene ring substituents is 1. The third kappa shape index (κ3) is 2.77. The first-order valence-corrected chi connectivity index (χ1v) is 6.06. The fourth-order valence-corrected chi connectivity index (χ4v) is 1.94. The van der Waals surface area contributed by atoms with Crippen LogP contribution >= 0.6 is 11.6 Å². The molecule has 0 bridgehead atoms. The monoisotopic (exact) mass is 294 g/mol. The van der Waals surface area contributed by atoms with Gasteiger partial charge in [0.15, 0.2) is 0 Å². The molecule has 1 aromatic carbocycles. The minimum atomic E-state index is -0.627. The molecule has 0 spiro atoms. The van der Waals surface area contributed by atoms with Gasteiger partial charge in [-0.3, -0.25) is 14.9 Å². The SMILES string of the molecule is Cn1ccnc1CNC(=O)c1cccc([N+](=O)[O-])c1Cl. The zero-order valence-electron chi connectivity index (χ0n) is 10.5. The molecule has 1 heterocycles.